The fourth-order valence-electron chi connectivity index (χ4n) is 1.78. The molecule has 0 aliphatic heterocycles. The van der Waals surface area contributed by atoms with Crippen molar-refractivity contribution in [3.63, 3.8) is 0 Å². The van der Waals surface area contributed by atoms with Gasteiger partial charge in [-0.3, -0.25) is 0 Å². The van der Waals surface area contributed by atoms with Crippen molar-refractivity contribution in [3.05, 3.63) is 48.2 Å². The molecule has 0 saturated heterocycles. The number of fused-ring (bicyclic) bond motifs is 1. The van der Waals surface area contributed by atoms with Crippen LogP contribution in [0, 0.1) is 6.92 Å². The Kier molecular flexibility index (Phi) is 2.22. The van der Waals surface area contributed by atoms with Crippen LogP contribution in [0.3, 0.4) is 0 Å². The van der Waals surface area contributed by atoms with E-state index in [0.717, 1.165) is 17.9 Å². The Bertz CT molecular complexity index is 624. The van der Waals surface area contributed by atoms with Crippen LogP contribution in [0.5, 0.6) is 0 Å². The van der Waals surface area contributed by atoms with Crippen molar-refractivity contribution in [2.24, 2.45) is 0 Å². The summed E-state index contributed by atoms with van der Waals surface area (Å²) in [5.41, 5.74) is 2.16. The molecule has 0 fully saturated rings. The first-order valence-electron chi connectivity index (χ1n) is 5.14. The molecule has 0 saturated carbocycles. The van der Waals surface area contributed by atoms with Crippen LogP contribution in [0.2, 0.25) is 0 Å². The van der Waals surface area contributed by atoms with Crippen molar-refractivity contribution >= 4 is 21.6 Å². The summed E-state index contributed by atoms with van der Waals surface area (Å²) in [7, 11) is 0. The fourth-order valence-corrected chi connectivity index (χ4v) is 2.57. The minimum Gasteiger partial charge on any atom is -0.331 e. The lowest BCUT2D eigenvalue weighted by Gasteiger charge is -1.98. The second kappa shape index (κ2) is 3.72. The van der Waals surface area contributed by atoms with Gasteiger partial charge in [-0.25, -0.2) is 4.98 Å². The van der Waals surface area contributed by atoms with Gasteiger partial charge in [0.05, 0.1) is 29.0 Å². The standard InChI is InChI=1S/C12H11N3S/c1-9-6-15(8-13-9)7-11-10-4-2-3-5-12(10)16-14-11/h2-6,8H,7H2,1H3. The SMILES string of the molecule is Cc1cn(Cc2nsc3ccccc23)cn1. The maximum absolute atomic E-state index is 4.49. The van der Waals surface area contributed by atoms with E-state index >= 15 is 0 Å². The van der Waals surface area contributed by atoms with Gasteiger partial charge in [-0.05, 0) is 24.5 Å². The molecule has 0 spiro atoms. The lowest BCUT2D eigenvalue weighted by Crippen LogP contribution is -1.96. The second-order valence-corrected chi connectivity index (χ2v) is 4.62. The Morgan fingerprint density at radius 1 is 1.31 bits per heavy atom. The normalized spacial score (nSPS) is 11.1. The van der Waals surface area contributed by atoms with E-state index in [0.29, 0.717) is 0 Å². The van der Waals surface area contributed by atoms with E-state index in [1.54, 1.807) is 11.5 Å². The second-order valence-electron chi connectivity index (χ2n) is 3.81. The molecule has 0 atom stereocenters. The summed E-state index contributed by atoms with van der Waals surface area (Å²) in [4.78, 5) is 4.22. The molecular weight excluding hydrogens is 218 g/mol. The van der Waals surface area contributed by atoms with Crippen molar-refractivity contribution in [2.75, 3.05) is 0 Å². The zero-order valence-electron chi connectivity index (χ0n) is 8.92. The number of imidazole rings is 1. The van der Waals surface area contributed by atoms with Crippen LogP contribution in [-0.4, -0.2) is 13.9 Å². The summed E-state index contributed by atoms with van der Waals surface area (Å²) >= 11 is 1.56. The van der Waals surface area contributed by atoms with Gasteiger partial charge < -0.3 is 4.57 Å². The van der Waals surface area contributed by atoms with Gasteiger partial charge >= 0.3 is 0 Å². The molecule has 2 heterocycles. The zero-order chi connectivity index (χ0) is 11.0. The number of nitrogens with zero attached hydrogens (tertiary/aromatic N) is 3. The topological polar surface area (TPSA) is 30.7 Å². The highest BCUT2D eigenvalue weighted by atomic mass is 32.1. The summed E-state index contributed by atoms with van der Waals surface area (Å²) in [6.07, 6.45) is 3.89. The summed E-state index contributed by atoms with van der Waals surface area (Å²) in [5, 5.41) is 1.25. The van der Waals surface area contributed by atoms with Gasteiger partial charge in [-0.1, -0.05) is 18.2 Å². The van der Waals surface area contributed by atoms with Gasteiger partial charge in [0.2, 0.25) is 0 Å². The number of hydrogen-bond acceptors (Lipinski definition) is 3. The van der Waals surface area contributed by atoms with Gasteiger partial charge in [0.1, 0.15) is 0 Å². The Balaban J connectivity index is 2.00. The van der Waals surface area contributed by atoms with Crippen LogP contribution >= 0.6 is 11.5 Å². The first kappa shape index (κ1) is 9.54. The predicted molar refractivity (Wildman–Crippen MR) is 65.7 cm³/mol. The Labute approximate surface area is 97.5 Å². The maximum atomic E-state index is 4.49. The van der Waals surface area contributed by atoms with Crippen molar-refractivity contribution in [3.8, 4) is 0 Å². The number of aromatic nitrogens is 3. The lowest BCUT2D eigenvalue weighted by atomic mass is 10.2. The summed E-state index contributed by atoms with van der Waals surface area (Å²) in [6, 6.07) is 8.33. The molecule has 0 unspecified atom stereocenters. The number of benzene rings is 1. The smallest absolute Gasteiger partial charge is 0.0952 e. The molecule has 16 heavy (non-hydrogen) atoms. The van der Waals surface area contributed by atoms with Gasteiger partial charge in [0, 0.05) is 11.6 Å². The van der Waals surface area contributed by atoms with Crippen LogP contribution in [0.4, 0.5) is 0 Å². The lowest BCUT2D eigenvalue weighted by molar-refractivity contribution is 0.787. The number of aryl methyl sites for hydroxylation is 1. The fraction of sp³-hybridized carbons (Fsp3) is 0.167. The largest absolute Gasteiger partial charge is 0.331 e. The molecule has 3 aromatic rings. The summed E-state index contributed by atoms with van der Waals surface area (Å²) in [6.45, 7) is 2.79. The van der Waals surface area contributed by atoms with Gasteiger partial charge in [0.15, 0.2) is 0 Å². The highest BCUT2D eigenvalue weighted by Crippen LogP contribution is 2.22. The molecule has 3 nitrogen and oxygen atoms in total. The molecule has 3 rings (SSSR count). The minimum absolute atomic E-state index is 0.796. The van der Waals surface area contributed by atoms with Crippen molar-refractivity contribution in [2.45, 2.75) is 13.5 Å². The van der Waals surface area contributed by atoms with Crippen molar-refractivity contribution in [1.29, 1.82) is 0 Å². The third-order valence-corrected chi connectivity index (χ3v) is 3.41. The van der Waals surface area contributed by atoms with Gasteiger partial charge in [-0.2, -0.15) is 4.37 Å². The molecule has 1 aromatic carbocycles. The van der Waals surface area contributed by atoms with E-state index in [-0.39, 0.29) is 0 Å². The van der Waals surface area contributed by atoms with Gasteiger partial charge in [-0.15, -0.1) is 0 Å². The van der Waals surface area contributed by atoms with E-state index in [9.17, 15) is 0 Å². The zero-order valence-corrected chi connectivity index (χ0v) is 9.74. The van der Waals surface area contributed by atoms with Crippen LogP contribution in [0.1, 0.15) is 11.4 Å². The van der Waals surface area contributed by atoms with Gasteiger partial charge in [0.25, 0.3) is 0 Å². The number of hydrogen-bond donors (Lipinski definition) is 0. The average Bonchev–Trinajstić information content (AvgIpc) is 2.87. The Morgan fingerprint density at radius 3 is 3.00 bits per heavy atom. The molecular formula is C12H11N3S. The van der Waals surface area contributed by atoms with Crippen molar-refractivity contribution < 1.29 is 0 Å². The maximum Gasteiger partial charge on any atom is 0.0952 e. The molecule has 2 aromatic heterocycles. The average molecular weight is 229 g/mol. The molecule has 4 heteroatoms. The summed E-state index contributed by atoms with van der Waals surface area (Å²) in [5.74, 6) is 0. The molecule has 0 N–H and O–H groups in total. The quantitative estimate of drug-likeness (QED) is 0.676. The molecule has 0 amide bonds. The molecule has 0 aliphatic rings. The third kappa shape index (κ3) is 1.61. The molecule has 0 radical (unpaired) electrons. The predicted octanol–water partition coefficient (Wildman–Crippen LogP) is 2.85. The van der Waals surface area contributed by atoms with E-state index < -0.39 is 0 Å². The van der Waals surface area contributed by atoms with Crippen molar-refractivity contribution in [1.82, 2.24) is 13.9 Å². The van der Waals surface area contributed by atoms with Crippen LogP contribution in [-0.2, 0) is 6.54 Å². The minimum atomic E-state index is 0.796. The van der Waals surface area contributed by atoms with E-state index in [1.807, 2.05) is 25.5 Å². The first-order valence-corrected chi connectivity index (χ1v) is 5.92. The molecule has 0 bridgehead atoms. The Hall–Kier alpha value is -1.68. The monoisotopic (exact) mass is 229 g/mol. The van der Waals surface area contributed by atoms with Crippen LogP contribution < -0.4 is 0 Å². The highest BCUT2D eigenvalue weighted by molar-refractivity contribution is 7.13. The summed E-state index contributed by atoms with van der Waals surface area (Å²) < 4.78 is 7.80. The first-order chi connectivity index (χ1) is 7.83. The molecule has 80 valence electrons. The van der Waals surface area contributed by atoms with Crippen LogP contribution in [0.15, 0.2) is 36.8 Å². The highest BCUT2D eigenvalue weighted by Gasteiger charge is 2.05. The number of rotatable bonds is 2. The Morgan fingerprint density at radius 2 is 2.19 bits per heavy atom. The van der Waals surface area contributed by atoms with E-state index in [2.05, 4.69) is 32.1 Å². The van der Waals surface area contributed by atoms with E-state index in [1.165, 1.54) is 10.1 Å². The molecule has 0 aliphatic carbocycles. The third-order valence-electron chi connectivity index (χ3n) is 2.55. The van der Waals surface area contributed by atoms with E-state index in [4.69, 9.17) is 0 Å². The van der Waals surface area contributed by atoms with Crippen LogP contribution in [0.25, 0.3) is 10.1 Å².